The zero-order valence-corrected chi connectivity index (χ0v) is 16.4. The van der Waals surface area contributed by atoms with Crippen LogP contribution in [0.5, 0.6) is 0 Å². The Morgan fingerprint density at radius 1 is 1.28 bits per heavy atom. The van der Waals surface area contributed by atoms with Crippen LogP contribution in [0.4, 0.5) is 0 Å². The summed E-state index contributed by atoms with van der Waals surface area (Å²) in [5.74, 6) is -1.26. The van der Waals surface area contributed by atoms with Crippen molar-refractivity contribution in [2.24, 2.45) is 5.92 Å². The van der Waals surface area contributed by atoms with Crippen molar-refractivity contribution in [3.8, 4) is 0 Å². The summed E-state index contributed by atoms with van der Waals surface area (Å²) < 4.78 is 0. The van der Waals surface area contributed by atoms with Crippen molar-refractivity contribution >= 4 is 17.7 Å². The fourth-order valence-electron chi connectivity index (χ4n) is 4.23. The molecule has 0 radical (unpaired) electrons. The van der Waals surface area contributed by atoms with E-state index in [0.717, 1.165) is 5.56 Å². The summed E-state index contributed by atoms with van der Waals surface area (Å²) in [5, 5.41) is 6.00. The van der Waals surface area contributed by atoms with Gasteiger partial charge in [-0.3, -0.25) is 19.4 Å². The number of hydrogen-bond donors (Lipinski definition) is 2. The fourth-order valence-corrected chi connectivity index (χ4v) is 4.23. The van der Waals surface area contributed by atoms with Crippen molar-refractivity contribution in [3.05, 3.63) is 59.7 Å². The van der Waals surface area contributed by atoms with Crippen LogP contribution in [0.15, 0.2) is 42.9 Å². The first-order valence-corrected chi connectivity index (χ1v) is 9.66. The van der Waals surface area contributed by atoms with E-state index in [9.17, 15) is 14.4 Å². The number of fused-ring (bicyclic) bond motifs is 1. The minimum absolute atomic E-state index is 0.0455. The predicted octanol–water partition coefficient (Wildman–Crippen LogP) is 0.798. The second-order valence-electron chi connectivity index (χ2n) is 7.94. The van der Waals surface area contributed by atoms with E-state index in [-0.39, 0.29) is 42.5 Å². The van der Waals surface area contributed by atoms with Crippen molar-refractivity contribution < 1.29 is 14.4 Å². The molecule has 1 saturated heterocycles. The summed E-state index contributed by atoms with van der Waals surface area (Å²) >= 11 is 0. The van der Waals surface area contributed by atoms with Gasteiger partial charge in [-0.2, -0.15) is 0 Å². The number of nitrogens with one attached hydrogen (secondary N) is 2. The lowest BCUT2D eigenvalue weighted by molar-refractivity contribution is -0.126. The van der Waals surface area contributed by atoms with Crippen molar-refractivity contribution in [1.82, 2.24) is 25.5 Å². The highest BCUT2D eigenvalue weighted by Crippen LogP contribution is 2.36. The highest BCUT2D eigenvalue weighted by molar-refractivity contribution is 5.99. The molecule has 0 saturated carbocycles. The van der Waals surface area contributed by atoms with Gasteiger partial charge in [-0.05, 0) is 31.9 Å². The first kappa shape index (κ1) is 19.0. The molecule has 29 heavy (non-hydrogen) atoms. The molecule has 1 fully saturated rings. The Bertz CT molecular complexity index is 962. The maximum Gasteiger partial charge on any atom is 0.274 e. The fraction of sp³-hybridized carbons (Fsp3) is 0.381. The Morgan fingerprint density at radius 2 is 2.07 bits per heavy atom. The lowest BCUT2D eigenvalue weighted by atomic mass is 9.77. The standard InChI is InChI=1S/C21H23N5O3/c1-13(2)24-19(28)16-11-26(20(29)17-10-22-7-8-23-17)12-21(16)9-14-5-3-4-6-15(14)18(27)25-21/h3-8,10,13,16H,9,11-12H2,1-2H3,(H,24,28)(H,25,27)/t16-,21+/m0/s1. The van der Waals surface area contributed by atoms with E-state index in [4.69, 9.17) is 0 Å². The number of carbonyl (C=O) groups is 3. The molecule has 2 aromatic rings. The number of benzene rings is 1. The van der Waals surface area contributed by atoms with E-state index >= 15 is 0 Å². The van der Waals surface area contributed by atoms with Crippen molar-refractivity contribution in [3.63, 3.8) is 0 Å². The molecule has 8 heteroatoms. The zero-order valence-electron chi connectivity index (χ0n) is 16.4. The molecule has 1 aromatic heterocycles. The van der Waals surface area contributed by atoms with Crippen molar-refractivity contribution in [2.75, 3.05) is 13.1 Å². The van der Waals surface area contributed by atoms with E-state index in [2.05, 4.69) is 20.6 Å². The largest absolute Gasteiger partial charge is 0.354 e. The molecule has 0 unspecified atom stereocenters. The lowest BCUT2D eigenvalue weighted by Crippen LogP contribution is -2.62. The van der Waals surface area contributed by atoms with E-state index in [0.29, 0.717) is 12.0 Å². The van der Waals surface area contributed by atoms with Crippen LogP contribution in [0.25, 0.3) is 0 Å². The summed E-state index contributed by atoms with van der Waals surface area (Å²) in [6.45, 7) is 4.21. The van der Waals surface area contributed by atoms with Crippen LogP contribution in [0.2, 0.25) is 0 Å². The number of rotatable bonds is 3. The third-order valence-electron chi connectivity index (χ3n) is 5.49. The summed E-state index contributed by atoms with van der Waals surface area (Å²) in [6.07, 6.45) is 4.85. The molecule has 2 aliphatic heterocycles. The average molecular weight is 393 g/mol. The number of hydrogen-bond acceptors (Lipinski definition) is 5. The molecule has 0 aliphatic carbocycles. The van der Waals surface area contributed by atoms with Gasteiger partial charge in [0.05, 0.1) is 17.7 Å². The molecule has 4 rings (SSSR count). The maximum atomic E-state index is 13.0. The molecule has 150 valence electrons. The molecule has 0 bridgehead atoms. The molecular formula is C21H23N5O3. The van der Waals surface area contributed by atoms with Gasteiger partial charge in [0.1, 0.15) is 5.69 Å². The van der Waals surface area contributed by atoms with E-state index < -0.39 is 11.5 Å². The Labute approximate surface area is 168 Å². The molecule has 3 heterocycles. The number of nitrogens with zero attached hydrogens (tertiary/aromatic N) is 3. The second-order valence-corrected chi connectivity index (χ2v) is 7.94. The monoisotopic (exact) mass is 393 g/mol. The predicted molar refractivity (Wildman–Crippen MR) is 105 cm³/mol. The van der Waals surface area contributed by atoms with Gasteiger partial charge in [0.25, 0.3) is 11.8 Å². The molecule has 1 spiro atoms. The van der Waals surface area contributed by atoms with Gasteiger partial charge in [0.15, 0.2) is 0 Å². The van der Waals surface area contributed by atoms with Gasteiger partial charge in [0.2, 0.25) is 5.91 Å². The Morgan fingerprint density at radius 3 is 2.79 bits per heavy atom. The normalized spacial score (nSPS) is 23.1. The maximum absolute atomic E-state index is 13.0. The van der Waals surface area contributed by atoms with Gasteiger partial charge < -0.3 is 15.5 Å². The van der Waals surface area contributed by atoms with Crippen LogP contribution >= 0.6 is 0 Å². The van der Waals surface area contributed by atoms with Crippen LogP contribution < -0.4 is 10.6 Å². The summed E-state index contributed by atoms with van der Waals surface area (Å²) in [6, 6.07) is 7.33. The molecule has 2 atom stereocenters. The molecule has 2 N–H and O–H groups in total. The van der Waals surface area contributed by atoms with E-state index in [1.54, 1.807) is 11.0 Å². The van der Waals surface area contributed by atoms with Gasteiger partial charge in [-0.15, -0.1) is 0 Å². The van der Waals surface area contributed by atoms with Crippen molar-refractivity contribution in [1.29, 1.82) is 0 Å². The lowest BCUT2D eigenvalue weighted by Gasteiger charge is -2.39. The topological polar surface area (TPSA) is 104 Å². The molecular weight excluding hydrogens is 370 g/mol. The zero-order chi connectivity index (χ0) is 20.6. The molecule has 1 aromatic carbocycles. The third-order valence-corrected chi connectivity index (χ3v) is 5.49. The molecule has 3 amide bonds. The van der Waals surface area contributed by atoms with Gasteiger partial charge in [0, 0.05) is 37.1 Å². The summed E-state index contributed by atoms with van der Waals surface area (Å²) in [4.78, 5) is 48.4. The molecule has 8 nitrogen and oxygen atoms in total. The quantitative estimate of drug-likeness (QED) is 0.803. The number of aromatic nitrogens is 2. The number of amides is 3. The second kappa shape index (κ2) is 7.27. The Kier molecular flexibility index (Phi) is 4.77. The third kappa shape index (κ3) is 3.46. The highest BCUT2D eigenvalue weighted by Gasteiger charge is 2.54. The summed E-state index contributed by atoms with van der Waals surface area (Å²) in [7, 11) is 0. The van der Waals surface area contributed by atoms with Gasteiger partial charge >= 0.3 is 0 Å². The first-order chi connectivity index (χ1) is 13.9. The highest BCUT2D eigenvalue weighted by atomic mass is 16.2. The Balaban J connectivity index is 1.69. The van der Waals surface area contributed by atoms with Crippen LogP contribution in [0, 0.1) is 5.92 Å². The van der Waals surface area contributed by atoms with E-state index in [1.807, 2.05) is 32.0 Å². The van der Waals surface area contributed by atoms with Crippen LogP contribution in [0.1, 0.15) is 40.3 Å². The minimum atomic E-state index is -0.859. The SMILES string of the molecule is CC(C)NC(=O)[C@@H]1CN(C(=O)c2cnccn2)C[C@]12Cc1ccccc1C(=O)N2. The summed E-state index contributed by atoms with van der Waals surface area (Å²) in [5.41, 5.74) is 0.852. The van der Waals surface area contributed by atoms with Crippen molar-refractivity contribution in [2.45, 2.75) is 31.8 Å². The smallest absolute Gasteiger partial charge is 0.274 e. The van der Waals surface area contributed by atoms with Crippen LogP contribution in [0.3, 0.4) is 0 Å². The van der Waals surface area contributed by atoms with Gasteiger partial charge in [-0.1, -0.05) is 18.2 Å². The van der Waals surface area contributed by atoms with E-state index in [1.165, 1.54) is 18.6 Å². The number of likely N-dealkylation sites (tertiary alicyclic amines) is 1. The molecule has 2 aliphatic rings. The first-order valence-electron chi connectivity index (χ1n) is 9.66. The van der Waals surface area contributed by atoms with Crippen LogP contribution in [-0.2, 0) is 11.2 Å². The van der Waals surface area contributed by atoms with Gasteiger partial charge in [-0.25, -0.2) is 4.98 Å². The Hall–Kier alpha value is -3.29. The average Bonchev–Trinajstić information content (AvgIpc) is 3.06. The minimum Gasteiger partial charge on any atom is -0.354 e. The van der Waals surface area contributed by atoms with Crippen LogP contribution in [-0.4, -0.2) is 57.3 Å². The number of carbonyl (C=O) groups excluding carboxylic acids is 3.